The maximum atomic E-state index is 12.3. The summed E-state index contributed by atoms with van der Waals surface area (Å²) < 4.78 is 5.29. The van der Waals surface area contributed by atoms with Gasteiger partial charge < -0.3 is 20.7 Å². The fourth-order valence-electron chi connectivity index (χ4n) is 2.75. The number of nitrogens with zero attached hydrogens (tertiary/aromatic N) is 1. The van der Waals surface area contributed by atoms with Crippen molar-refractivity contribution in [2.75, 3.05) is 27.7 Å². The second kappa shape index (κ2) is 9.20. The first kappa shape index (κ1) is 19.0. The molecule has 3 N–H and O–H groups in total. The molecule has 0 fully saturated rings. The highest BCUT2D eigenvalue weighted by atomic mass is 16.5. The van der Waals surface area contributed by atoms with Crippen LogP contribution in [0, 0.1) is 0 Å². The first-order valence-electron chi connectivity index (χ1n) is 8.39. The van der Waals surface area contributed by atoms with Gasteiger partial charge in [-0.3, -0.25) is 4.79 Å². The van der Waals surface area contributed by atoms with Gasteiger partial charge in [0.15, 0.2) is 0 Å². The van der Waals surface area contributed by atoms with Crippen LogP contribution in [0.2, 0.25) is 0 Å². The highest BCUT2D eigenvalue weighted by Crippen LogP contribution is 2.22. The van der Waals surface area contributed by atoms with Crippen LogP contribution in [-0.2, 0) is 4.79 Å². The van der Waals surface area contributed by atoms with Gasteiger partial charge in [0.25, 0.3) is 0 Å². The van der Waals surface area contributed by atoms with Crippen molar-refractivity contribution < 1.29 is 9.53 Å². The zero-order chi connectivity index (χ0) is 18.2. The second-order valence-corrected chi connectivity index (χ2v) is 6.28. The van der Waals surface area contributed by atoms with Crippen molar-refractivity contribution in [3.05, 3.63) is 65.7 Å². The van der Waals surface area contributed by atoms with Crippen LogP contribution >= 0.6 is 0 Å². The highest BCUT2D eigenvalue weighted by Gasteiger charge is 2.17. The molecule has 2 unspecified atom stereocenters. The van der Waals surface area contributed by atoms with Crippen molar-refractivity contribution in [1.82, 2.24) is 10.2 Å². The number of nitrogens with one attached hydrogen (secondary N) is 1. The Balaban J connectivity index is 1.95. The molecular formula is C20H27N3O2. The van der Waals surface area contributed by atoms with Gasteiger partial charge >= 0.3 is 0 Å². The van der Waals surface area contributed by atoms with E-state index in [1.807, 2.05) is 68.7 Å². The van der Waals surface area contributed by atoms with E-state index in [-0.39, 0.29) is 24.4 Å². The van der Waals surface area contributed by atoms with Crippen LogP contribution in [0.1, 0.15) is 29.6 Å². The van der Waals surface area contributed by atoms with Crippen LogP contribution in [0.3, 0.4) is 0 Å². The van der Waals surface area contributed by atoms with Gasteiger partial charge in [0, 0.05) is 19.0 Å². The van der Waals surface area contributed by atoms with Gasteiger partial charge in [-0.2, -0.15) is 0 Å². The Morgan fingerprint density at radius 2 is 1.80 bits per heavy atom. The van der Waals surface area contributed by atoms with Gasteiger partial charge in [-0.25, -0.2) is 0 Å². The summed E-state index contributed by atoms with van der Waals surface area (Å²) in [6.45, 7) is 0.514. The van der Waals surface area contributed by atoms with Crippen molar-refractivity contribution in [1.29, 1.82) is 0 Å². The first-order chi connectivity index (χ1) is 12.0. The molecule has 0 heterocycles. The molecule has 0 radical (unpaired) electrons. The fraction of sp³-hybridized carbons (Fsp3) is 0.350. The van der Waals surface area contributed by atoms with Gasteiger partial charge in [0.2, 0.25) is 5.91 Å². The molecule has 2 aromatic carbocycles. The topological polar surface area (TPSA) is 67.6 Å². The van der Waals surface area contributed by atoms with Gasteiger partial charge in [-0.1, -0.05) is 42.5 Å². The van der Waals surface area contributed by atoms with E-state index in [0.717, 1.165) is 16.9 Å². The average molecular weight is 341 g/mol. The minimum atomic E-state index is -0.296. The molecule has 5 heteroatoms. The maximum Gasteiger partial charge on any atom is 0.221 e. The Morgan fingerprint density at radius 3 is 2.44 bits per heavy atom. The summed E-state index contributed by atoms with van der Waals surface area (Å²) in [7, 11) is 5.63. The normalized spacial score (nSPS) is 13.3. The van der Waals surface area contributed by atoms with Crippen LogP contribution in [0.15, 0.2) is 54.6 Å². The van der Waals surface area contributed by atoms with E-state index in [9.17, 15) is 4.79 Å². The van der Waals surface area contributed by atoms with E-state index in [0.29, 0.717) is 6.54 Å². The molecule has 134 valence electrons. The van der Waals surface area contributed by atoms with Crippen LogP contribution in [-0.4, -0.2) is 38.6 Å². The SMILES string of the molecule is COc1cccc(C(CNC(=O)CC(N)c2ccccc2)N(C)C)c1. The number of ether oxygens (including phenoxy) is 1. The molecule has 0 aliphatic carbocycles. The maximum absolute atomic E-state index is 12.3. The predicted octanol–water partition coefficient (Wildman–Crippen LogP) is 2.50. The number of hydrogen-bond acceptors (Lipinski definition) is 4. The lowest BCUT2D eigenvalue weighted by molar-refractivity contribution is -0.121. The zero-order valence-electron chi connectivity index (χ0n) is 15.1. The van der Waals surface area contributed by atoms with E-state index in [1.54, 1.807) is 7.11 Å². The third kappa shape index (κ3) is 5.59. The lowest BCUT2D eigenvalue weighted by atomic mass is 10.0. The molecule has 0 spiro atoms. The molecular weight excluding hydrogens is 314 g/mol. The summed E-state index contributed by atoms with van der Waals surface area (Å²) in [6, 6.07) is 17.3. The molecule has 1 amide bonds. The molecule has 0 bridgehead atoms. The Bertz CT molecular complexity index is 674. The second-order valence-electron chi connectivity index (χ2n) is 6.28. The molecule has 0 saturated heterocycles. The molecule has 25 heavy (non-hydrogen) atoms. The van der Waals surface area contributed by atoms with E-state index >= 15 is 0 Å². The van der Waals surface area contributed by atoms with E-state index in [4.69, 9.17) is 10.5 Å². The molecule has 2 rings (SSSR count). The van der Waals surface area contributed by atoms with Crippen molar-refractivity contribution in [2.45, 2.75) is 18.5 Å². The van der Waals surface area contributed by atoms with E-state index < -0.39 is 0 Å². The molecule has 0 aliphatic rings. The molecule has 5 nitrogen and oxygen atoms in total. The third-order valence-electron chi connectivity index (χ3n) is 4.23. The molecule has 0 saturated carbocycles. The number of methoxy groups -OCH3 is 1. The Kier molecular flexibility index (Phi) is 6.98. The third-order valence-corrected chi connectivity index (χ3v) is 4.23. The molecule has 0 aliphatic heterocycles. The average Bonchev–Trinajstić information content (AvgIpc) is 2.62. The van der Waals surface area contributed by atoms with Gasteiger partial charge in [-0.15, -0.1) is 0 Å². The number of nitrogens with two attached hydrogens (primary N) is 1. The van der Waals surface area contributed by atoms with Crippen molar-refractivity contribution in [3.63, 3.8) is 0 Å². The summed E-state index contributed by atoms with van der Waals surface area (Å²) in [5.41, 5.74) is 8.18. The van der Waals surface area contributed by atoms with Crippen LogP contribution < -0.4 is 15.8 Å². The quantitative estimate of drug-likeness (QED) is 0.774. The standard InChI is InChI=1S/C20H27N3O2/c1-23(2)19(16-10-7-11-17(12-16)25-3)14-22-20(24)13-18(21)15-8-5-4-6-9-15/h4-12,18-19H,13-14,21H2,1-3H3,(H,22,24). The molecule has 2 atom stereocenters. The van der Waals surface area contributed by atoms with Gasteiger partial charge in [0.1, 0.15) is 5.75 Å². The van der Waals surface area contributed by atoms with Crippen LogP contribution in [0.5, 0.6) is 5.75 Å². The Labute approximate surface area is 149 Å². The number of amides is 1. The largest absolute Gasteiger partial charge is 0.497 e. The summed E-state index contributed by atoms with van der Waals surface area (Å²) >= 11 is 0. The number of carbonyl (C=O) groups excluding carboxylic acids is 1. The minimum Gasteiger partial charge on any atom is -0.497 e. The van der Waals surface area contributed by atoms with Crippen LogP contribution in [0.25, 0.3) is 0 Å². The number of benzene rings is 2. The summed E-state index contributed by atoms with van der Waals surface area (Å²) in [5.74, 6) is 0.757. The lowest BCUT2D eigenvalue weighted by Crippen LogP contribution is -2.35. The number of carbonyl (C=O) groups is 1. The van der Waals surface area contributed by atoms with Crippen LogP contribution in [0.4, 0.5) is 0 Å². The predicted molar refractivity (Wildman–Crippen MR) is 100 cm³/mol. The summed E-state index contributed by atoms with van der Waals surface area (Å²) in [4.78, 5) is 14.3. The number of rotatable bonds is 8. The fourth-order valence-corrected chi connectivity index (χ4v) is 2.75. The van der Waals surface area contributed by atoms with Gasteiger partial charge in [-0.05, 0) is 37.4 Å². The lowest BCUT2D eigenvalue weighted by Gasteiger charge is -2.25. The number of hydrogen-bond donors (Lipinski definition) is 2. The first-order valence-corrected chi connectivity index (χ1v) is 8.39. The van der Waals surface area contributed by atoms with E-state index in [1.165, 1.54) is 0 Å². The van der Waals surface area contributed by atoms with Crippen molar-refractivity contribution >= 4 is 5.91 Å². The Morgan fingerprint density at radius 1 is 1.12 bits per heavy atom. The smallest absolute Gasteiger partial charge is 0.221 e. The van der Waals surface area contributed by atoms with E-state index in [2.05, 4.69) is 10.2 Å². The molecule has 2 aromatic rings. The highest BCUT2D eigenvalue weighted by molar-refractivity contribution is 5.76. The summed E-state index contributed by atoms with van der Waals surface area (Å²) in [6.07, 6.45) is 0.266. The Hall–Kier alpha value is -2.37. The monoisotopic (exact) mass is 341 g/mol. The van der Waals surface area contributed by atoms with Crippen molar-refractivity contribution in [2.24, 2.45) is 5.73 Å². The minimum absolute atomic E-state index is 0.0499. The molecule has 0 aromatic heterocycles. The number of likely N-dealkylation sites (N-methyl/N-ethyl adjacent to an activating group) is 1. The van der Waals surface area contributed by atoms with Crippen molar-refractivity contribution in [3.8, 4) is 5.75 Å². The summed E-state index contributed by atoms with van der Waals surface area (Å²) in [5, 5.41) is 3.00. The van der Waals surface area contributed by atoms with Gasteiger partial charge in [0.05, 0.1) is 13.2 Å². The zero-order valence-corrected chi connectivity index (χ0v) is 15.1.